The van der Waals surface area contributed by atoms with Crippen LogP contribution in [0.4, 0.5) is 0 Å². The van der Waals surface area contributed by atoms with Crippen LogP contribution >= 0.6 is 46.4 Å². The number of benzene rings is 2. The minimum atomic E-state index is -0.294. The lowest BCUT2D eigenvalue weighted by Crippen LogP contribution is -2.28. The summed E-state index contributed by atoms with van der Waals surface area (Å²) >= 11 is 23.5. The van der Waals surface area contributed by atoms with Gasteiger partial charge < -0.3 is 10.1 Å². The second-order valence-electron chi connectivity index (χ2n) is 4.39. The average molecular weight is 379 g/mol. The third-order valence-electron chi connectivity index (χ3n) is 2.71. The molecule has 116 valence electrons. The van der Waals surface area contributed by atoms with Crippen LogP contribution in [0, 0.1) is 0 Å². The Kier molecular flexibility index (Phi) is 6.21. The van der Waals surface area contributed by atoms with E-state index in [-0.39, 0.29) is 28.3 Å². The fraction of sp³-hybridized carbons (Fsp3) is 0.133. The highest BCUT2D eigenvalue weighted by molar-refractivity contribution is 6.40. The van der Waals surface area contributed by atoms with Gasteiger partial charge in [-0.05, 0) is 29.8 Å². The molecule has 0 atom stereocenters. The summed E-state index contributed by atoms with van der Waals surface area (Å²) < 4.78 is 5.34. The van der Waals surface area contributed by atoms with Crippen LogP contribution in [-0.2, 0) is 11.3 Å². The highest BCUT2D eigenvalue weighted by Gasteiger charge is 2.11. The van der Waals surface area contributed by atoms with Crippen LogP contribution in [0.5, 0.6) is 5.75 Å². The van der Waals surface area contributed by atoms with Crippen LogP contribution < -0.4 is 10.1 Å². The molecule has 7 heteroatoms. The van der Waals surface area contributed by atoms with Crippen molar-refractivity contribution in [2.45, 2.75) is 6.54 Å². The van der Waals surface area contributed by atoms with E-state index in [4.69, 9.17) is 51.1 Å². The van der Waals surface area contributed by atoms with E-state index in [2.05, 4.69) is 5.32 Å². The van der Waals surface area contributed by atoms with Crippen LogP contribution in [0.15, 0.2) is 36.4 Å². The predicted octanol–water partition coefficient (Wildman–Crippen LogP) is 5.00. The third kappa shape index (κ3) is 4.96. The van der Waals surface area contributed by atoms with Gasteiger partial charge in [0.1, 0.15) is 0 Å². The molecule has 2 rings (SSSR count). The van der Waals surface area contributed by atoms with Gasteiger partial charge >= 0.3 is 0 Å². The molecule has 2 aromatic rings. The molecule has 0 bridgehead atoms. The zero-order valence-electron chi connectivity index (χ0n) is 11.2. The lowest BCUT2D eigenvalue weighted by atomic mass is 10.2. The number of nitrogens with one attached hydrogen (secondary N) is 1. The molecular formula is C15H11Cl4NO2. The molecule has 0 fully saturated rings. The van der Waals surface area contributed by atoms with Crippen molar-refractivity contribution in [2.75, 3.05) is 6.61 Å². The molecule has 1 amide bonds. The predicted molar refractivity (Wildman–Crippen MR) is 90.3 cm³/mol. The van der Waals surface area contributed by atoms with E-state index >= 15 is 0 Å². The third-order valence-corrected chi connectivity index (χ3v) is 3.75. The lowest BCUT2D eigenvalue weighted by molar-refractivity contribution is -0.123. The van der Waals surface area contributed by atoms with Crippen molar-refractivity contribution in [3.8, 4) is 5.75 Å². The Morgan fingerprint density at radius 1 is 0.955 bits per heavy atom. The number of carbonyl (C=O) groups excluding carboxylic acids is 1. The van der Waals surface area contributed by atoms with Gasteiger partial charge in [-0.3, -0.25) is 4.79 Å². The molecule has 0 saturated carbocycles. The highest BCUT2D eigenvalue weighted by Crippen LogP contribution is 2.35. The van der Waals surface area contributed by atoms with Gasteiger partial charge in [0.15, 0.2) is 12.4 Å². The number of ether oxygens (including phenoxy) is 1. The first-order valence-corrected chi connectivity index (χ1v) is 7.75. The molecule has 0 radical (unpaired) electrons. The molecule has 0 saturated heterocycles. The average Bonchev–Trinajstić information content (AvgIpc) is 2.45. The monoisotopic (exact) mass is 377 g/mol. The van der Waals surface area contributed by atoms with Crippen molar-refractivity contribution < 1.29 is 9.53 Å². The maximum atomic E-state index is 11.8. The van der Waals surface area contributed by atoms with E-state index < -0.39 is 0 Å². The van der Waals surface area contributed by atoms with Gasteiger partial charge in [0.05, 0.1) is 10.0 Å². The summed E-state index contributed by atoms with van der Waals surface area (Å²) in [7, 11) is 0. The molecule has 0 heterocycles. The van der Waals surface area contributed by atoms with Crippen molar-refractivity contribution >= 4 is 52.3 Å². The Hall–Kier alpha value is -1.13. The van der Waals surface area contributed by atoms with E-state index in [1.165, 1.54) is 12.1 Å². The van der Waals surface area contributed by atoms with Crippen molar-refractivity contribution in [2.24, 2.45) is 0 Å². The summed E-state index contributed by atoms with van der Waals surface area (Å²) in [6, 6.07) is 10.2. The smallest absolute Gasteiger partial charge is 0.258 e. The van der Waals surface area contributed by atoms with E-state index in [0.717, 1.165) is 5.56 Å². The SMILES string of the molecule is O=C(COc1c(Cl)cc(Cl)cc1Cl)NCc1ccc(Cl)cc1. The Morgan fingerprint density at radius 2 is 1.55 bits per heavy atom. The van der Waals surface area contributed by atoms with Gasteiger partial charge in [-0.15, -0.1) is 0 Å². The first-order chi connectivity index (χ1) is 10.5. The van der Waals surface area contributed by atoms with Gasteiger partial charge in [-0.1, -0.05) is 58.5 Å². The normalized spacial score (nSPS) is 10.4. The largest absolute Gasteiger partial charge is 0.481 e. The maximum absolute atomic E-state index is 11.8. The number of hydrogen-bond acceptors (Lipinski definition) is 2. The Bertz CT molecular complexity index is 651. The summed E-state index contributed by atoms with van der Waals surface area (Å²) in [6.45, 7) is 0.177. The van der Waals surface area contributed by atoms with Gasteiger partial charge in [0.25, 0.3) is 5.91 Å². The molecule has 0 aromatic heterocycles. The summed E-state index contributed by atoms with van der Waals surface area (Å²) in [6.07, 6.45) is 0. The Balaban J connectivity index is 1.87. The minimum absolute atomic E-state index is 0.200. The van der Waals surface area contributed by atoms with Gasteiger partial charge in [-0.25, -0.2) is 0 Å². The molecule has 0 aliphatic rings. The molecule has 3 nitrogen and oxygen atoms in total. The number of halogens is 4. The quantitative estimate of drug-likeness (QED) is 0.795. The number of rotatable bonds is 5. The van der Waals surface area contributed by atoms with Crippen LogP contribution in [0.25, 0.3) is 0 Å². The molecule has 0 aliphatic carbocycles. The van der Waals surface area contributed by atoms with Crippen LogP contribution in [0.1, 0.15) is 5.56 Å². The first-order valence-electron chi connectivity index (χ1n) is 6.24. The summed E-state index contributed by atoms with van der Waals surface area (Å²) in [5.74, 6) is -0.0635. The second kappa shape index (κ2) is 7.93. The molecule has 22 heavy (non-hydrogen) atoms. The molecule has 1 N–H and O–H groups in total. The zero-order valence-corrected chi connectivity index (χ0v) is 14.2. The first kappa shape index (κ1) is 17.2. The van der Waals surface area contributed by atoms with E-state index in [9.17, 15) is 4.79 Å². The maximum Gasteiger partial charge on any atom is 0.258 e. The number of carbonyl (C=O) groups is 1. The molecule has 0 unspecified atom stereocenters. The molecule has 2 aromatic carbocycles. The fourth-order valence-electron chi connectivity index (χ4n) is 1.66. The topological polar surface area (TPSA) is 38.3 Å². The molecular weight excluding hydrogens is 368 g/mol. The van der Waals surface area contributed by atoms with Gasteiger partial charge in [-0.2, -0.15) is 0 Å². The fourth-order valence-corrected chi connectivity index (χ4v) is 2.71. The second-order valence-corrected chi connectivity index (χ2v) is 6.08. The summed E-state index contributed by atoms with van der Waals surface area (Å²) in [4.78, 5) is 11.8. The number of hydrogen-bond donors (Lipinski definition) is 1. The van der Waals surface area contributed by atoms with Crippen LogP contribution in [-0.4, -0.2) is 12.5 Å². The van der Waals surface area contributed by atoms with Crippen molar-refractivity contribution in [1.82, 2.24) is 5.32 Å². The zero-order chi connectivity index (χ0) is 16.1. The summed E-state index contributed by atoms with van der Waals surface area (Å²) in [5.41, 5.74) is 0.931. The van der Waals surface area contributed by atoms with E-state index in [0.29, 0.717) is 16.6 Å². The van der Waals surface area contributed by atoms with Gasteiger partial charge in [0, 0.05) is 16.6 Å². The van der Waals surface area contributed by atoms with E-state index in [1.54, 1.807) is 12.1 Å². The Labute approximate surface area is 148 Å². The van der Waals surface area contributed by atoms with Crippen LogP contribution in [0.2, 0.25) is 20.1 Å². The lowest BCUT2D eigenvalue weighted by Gasteiger charge is -2.10. The number of amides is 1. The molecule has 0 spiro atoms. The van der Waals surface area contributed by atoms with E-state index in [1.807, 2.05) is 12.1 Å². The van der Waals surface area contributed by atoms with Crippen LogP contribution in [0.3, 0.4) is 0 Å². The Morgan fingerprint density at radius 3 is 2.14 bits per heavy atom. The summed E-state index contributed by atoms with van der Waals surface area (Å²) in [5, 5.41) is 4.27. The van der Waals surface area contributed by atoms with Crippen molar-refractivity contribution in [3.63, 3.8) is 0 Å². The minimum Gasteiger partial charge on any atom is -0.481 e. The van der Waals surface area contributed by atoms with Gasteiger partial charge in [0.2, 0.25) is 0 Å². The van der Waals surface area contributed by atoms with Crippen molar-refractivity contribution in [3.05, 3.63) is 62.1 Å². The standard InChI is InChI=1S/C15H11Cl4NO2/c16-10-3-1-9(2-4-10)7-20-14(21)8-22-15-12(18)5-11(17)6-13(15)19/h1-6H,7-8H2,(H,20,21). The molecule has 0 aliphatic heterocycles. The van der Waals surface area contributed by atoms with Crippen molar-refractivity contribution in [1.29, 1.82) is 0 Å². The highest BCUT2D eigenvalue weighted by atomic mass is 35.5.